The van der Waals surface area contributed by atoms with Crippen molar-refractivity contribution in [3.05, 3.63) is 54.6 Å². The predicted molar refractivity (Wildman–Crippen MR) is 87.5 cm³/mol. The molecule has 24 heavy (non-hydrogen) atoms. The standard InChI is InChI=1S/C17H10N6O/c18-10-15(11-19)22-21-14-8-6-13(7-9-14)17-20-16(23-24-17)12-4-2-1-3-5-12/h1-9,21H. The van der Waals surface area contributed by atoms with Crippen LogP contribution in [0.1, 0.15) is 0 Å². The molecule has 0 aliphatic heterocycles. The summed E-state index contributed by atoms with van der Waals surface area (Å²) in [5.74, 6) is 0.920. The molecule has 0 bridgehead atoms. The normalized spacial score (nSPS) is 9.58. The van der Waals surface area contributed by atoms with Crippen LogP contribution < -0.4 is 5.43 Å². The number of anilines is 1. The van der Waals surface area contributed by atoms with E-state index in [0.717, 1.165) is 11.1 Å². The quantitative estimate of drug-likeness (QED) is 0.584. The molecular weight excluding hydrogens is 304 g/mol. The minimum absolute atomic E-state index is 0.247. The van der Waals surface area contributed by atoms with Gasteiger partial charge in [-0.25, -0.2) is 0 Å². The van der Waals surface area contributed by atoms with Crippen LogP contribution in [-0.4, -0.2) is 15.9 Å². The molecule has 0 aliphatic carbocycles. The lowest BCUT2D eigenvalue weighted by Crippen LogP contribution is -1.96. The first-order valence-corrected chi connectivity index (χ1v) is 6.93. The highest BCUT2D eigenvalue weighted by Crippen LogP contribution is 2.23. The van der Waals surface area contributed by atoms with Crippen LogP contribution in [0.5, 0.6) is 0 Å². The third-order valence-electron chi connectivity index (χ3n) is 3.10. The van der Waals surface area contributed by atoms with Gasteiger partial charge in [-0.05, 0) is 24.3 Å². The Kier molecular flexibility index (Phi) is 4.27. The predicted octanol–water partition coefficient (Wildman–Crippen LogP) is 3.22. The SMILES string of the molecule is N#CC(C#N)=NNc1ccc(-c2nc(-c3ccccc3)no2)cc1. The molecular formula is C17H10N6O. The summed E-state index contributed by atoms with van der Waals surface area (Å²) in [4.78, 5) is 4.37. The van der Waals surface area contributed by atoms with Gasteiger partial charge in [0.2, 0.25) is 11.5 Å². The molecule has 0 spiro atoms. The summed E-state index contributed by atoms with van der Waals surface area (Å²) in [6.45, 7) is 0. The molecule has 0 radical (unpaired) electrons. The van der Waals surface area contributed by atoms with E-state index < -0.39 is 0 Å². The van der Waals surface area contributed by atoms with Gasteiger partial charge in [-0.1, -0.05) is 35.5 Å². The van der Waals surface area contributed by atoms with Gasteiger partial charge in [-0.15, -0.1) is 0 Å². The fourth-order valence-corrected chi connectivity index (χ4v) is 1.93. The van der Waals surface area contributed by atoms with Crippen LogP contribution >= 0.6 is 0 Å². The number of nitrogens with zero attached hydrogens (tertiary/aromatic N) is 5. The molecule has 1 heterocycles. The van der Waals surface area contributed by atoms with Crippen molar-refractivity contribution in [1.29, 1.82) is 10.5 Å². The van der Waals surface area contributed by atoms with Crippen molar-refractivity contribution in [3.8, 4) is 35.0 Å². The lowest BCUT2D eigenvalue weighted by molar-refractivity contribution is 0.432. The van der Waals surface area contributed by atoms with E-state index in [-0.39, 0.29) is 5.71 Å². The van der Waals surface area contributed by atoms with Crippen molar-refractivity contribution < 1.29 is 4.52 Å². The first-order chi connectivity index (χ1) is 11.8. The average molecular weight is 314 g/mol. The molecule has 2 aromatic carbocycles. The highest BCUT2D eigenvalue weighted by atomic mass is 16.5. The van der Waals surface area contributed by atoms with E-state index in [2.05, 4.69) is 20.7 Å². The summed E-state index contributed by atoms with van der Waals surface area (Å²) < 4.78 is 5.28. The Morgan fingerprint density at radius 3 is 2.33 bits per heavy atom. The molecule has 3 rings (SSSR count). The van der Waals surface area contributed by atoms with E-state index in [0.29, 0.717) is 17.4 Å². The van der Waals surface area contributed by atoms with Gasteiger partial charge in [0.05, 0.1) is 5.69 Å². The third-order valence-corrected chi connectivity index (χ3v) is 3.10. The average Bonchev–Trinajstić information content (AvgIpc) is 3.14. The molecule has 3 aromatic rings. The summed E-state index contributed by atoms with van der Waals surface area (Å²) in [6.07, 6.45) is 0. The second-order valence-corrected chi connectivity index (χ2v) is 4.66. The van der Waals surface area contributed by atoms with Gasteiger partial charge in [-0.3, -0.25) is 5.43 Å². The maximum Gasteiger partial charge on any atom is 0.258 e. The van der Waals surface area contributed by atoms with E-state index in [1.54, 1.807) is 36.4 Å². The lowest BCUT2D eigenvalue weighted by Gasteiger charge is -2.00. The monoisotopic (exact) mass is 314 g/mol. The van der Waals surface area contributed by atoms with Crippen molar-refractivity contribution in [3.63, 3.8) is 0 Å². The van der Waals surface area contributed by atoms with Gasteiger partial charge in [0.1, 0.15) is 12.1 Å². The topological polar surface area (TPSA) is 111 Å². The number of benzene rings is 2. The van der Waals surface area contributed by atoms with Crippen molar-refractivity contribution in [2.45, 2.75) is 0 Å². The van der Waals surface area contributed by atoms with Gasteiger partial charge in [0.15, 0.2) is 0 Å². The van der Waals surface area contributed by atoms with E-state index in [4.69, 9.17) is 15.0 Å². The van der Waals surface area contributed by atoms with E-state index in [1.807, 2.05) is 30.3 Å². The summed E-state index contributed by atoms with van der Waals surface area (Å²) in [7, 11) is 0. The Bertz CT molecular complexity index is 929. The van der Waals surface area contributed by atoms with Crippen LogP contribution in [0.4, 0.5) is 5.69 Å². The van der Waals surface area contributed by atoms with Crippen molar-refractivity contribution in [2.75, 3.05) is 5.43 Å². The number of nitriles is 2. The Balaban J connectivity index is 1.77. The maximum atomic E-state index is 8.62. The van der Waals surface area contributed by atoms with Crippen LogP contribution in [0.25, 0.3) is 22.8 Å². The number of nitrogens with one attached hydrogen (secondary N) is 1. The highest BCUT2D eigenvalue weighted by Gasteiger charge is 2.10. The van der Waals surface area contributed by atoms with Crippen LogP contribution in [0.2, 0.25) is 0 Å². The first kappa shape index (κ1) is 14.9. The Morgan fingerprint density at radius 1 is 0.958 bits per heavy atom. The molecule has 0 saturated carbocycles. The minimum Gasteiger partial charge on any atom is -0.334 e. The molecule has 0 atom stereocenters. The first-order valence-electron chi connectivity index (χ1n) is 6.93. The van der Waals surface area contributed by atoms with E-state index >= 15 is 0 Å². The summed E-state index contributed by atoms with van der Waals surface area (Å²) in [6, 6.07) is 19.9. The molecule has 1 aromatic heterocycles. The van der Waals surface area contributed by atoms with Crippen LogP contribution in [-0.2, 0) is 0 Å². The fourth-order valence-electron chi connectivity index (χ4n) is 1.93. The zero-order valence-electron chi connectivity index (χ0n) is 12.3. The molecule has 0 aliphatic rings. The Labute approximate surface area is 137 Å². The molecule has 7 nitrogen and oxygen atoms in total. The number of hydrogen-bond donors (Lipinski definition) is 1. The summed E-state index contributed by atoms with van der Waals surface area (Å²) >= 11 is 0. The molecule has 1 N–H and O–H groups in total. The molecule has 0 saturated heterocycles. The van der Waals surface area contributed by atoms with Crippen LogP contribution in [0.15, 0.2) is 64.2 Å². The van der Waals surface area contributed by atoms with Gasteiger partial charge < -0.3 is 4.52 Å². The summed E-state index contributed by atoms with van der Waals surface area (Å²) in [5.41, 5.74) is 4.64. The van der Waals surface area contributed by atoms with Gasteiger partial charge in [0, 0.05) is 11.1 Å². The molecule has 0 amide bonds. The lowest BCUT2D eigenvalue weighted by atomic mass is 10.2. The zero-order valence-corrected chi connectivity index (χ0v) is 12.3. The molecule has 114 valence electrons. The second-order valence-electron chi connectivity index (χ2n) is 4.66. The van der Waals surface area contributed by atoms with Crippen LogP contribution in [0, 0.1) is 22.7 Å². The molecule has 7 heteroatoms. The second kappa shape index (κ2) is 6.86. The van der Waals surface area contributed by atoms with Crippen molar-refractivity contribution in [2.24, 2.45) is 5.10 Å². The summed E-state index contributed by atoms with van der Waals surface area (Å²) in [5, 5.41) is 24.9. The Hall–Kier alpha value is -3.97. The molecule has 0 unspecified atom stereocenters. The van der Waals surface area contributed by atoms with Gasteiger partial charge in [0.25, 0.3) is 5.89 Å². The third kappa shape index (κ3) is 3.26. The van der Waals surface area contributed by atoms with Crippen molar-refractivity contribution in [1.82, 2.24) is 10.1 Å². The van der Waals surface area contributed by atoms with Crippen LogP contribution in [0.3, 0.4) is 0 Å². The Morgan fingerprint density at radius 2 is 1.67 bits per heavy atom. The number of aromatic nitrogens is 2. The smallest absolute Gasteiger partial charge is 0.258 e. The minimum atomic E-state index is -0.247. The number of hydrazone groups is 1. The van der Waals surface area contributed by atoms with Crippen molar-refractivity contribution >= 4 is 11.4 Å². The zero-order chi connectivity index (χ0) is 16.8. The largest absolute Gasteiger partial charge is 0.334 e. The maximum absolute atomic E-state index is 8.62. The molecule has 0 fully saturated rings. The van der Waals surface area contributed by atoms with E-state index in [1.165, 1.54) is 0 Å². The fraction of sp³-hybridized carbons (Fsp3) is 0. The number of hydrogen-bond acceptors (Lipinski definition) is 7. The highest BCUT2D eigenvalue weighted by molar-refractivity contribution is 6.10. The van der Waals surface area contributed by atoms with Gasteiger partial charge in [-0.2, -0.15) is 20.6 Å². The van der Waals surface area contributed by atoms with E-state index in [9.17, 15) is 0 Å². The van der Waals surface area contributed by atoms with Gasteiger partial charge >= 0.3 is 0 Å². The number of rotatable bonds is 4.